The van der Waals surface area contributed by atoms with E-state index in [0.717, 1.165) is 11.8 Å². The van der Waals surface area contributed by atoms with E-state index in [1.165, 1.54) is 16.7 Å². The standard InChI is InChI=1S/C20H22N2O5S/c1-14(15-9-11-16(12-10-15)28(2,25)26)21-19(23)8-5-13-22-17-6-3-4-7-18(17)27-20(22)24/h3-4,6-7,9-12,14H,5,8,13H2,1-2H3,(H,21,23). The molecule has 0 saturated heterocycles. The highest BCUT2D eigenvalue weighted by molar-refractivity contribution is 7.90. The summed E-state index contributed by atoms with van der Waals surface area (Å²) >= 11 is 0. The highest BCUT2D eigenvalue weighted by atomic mass is 32.2. The van der Waals surface area contributed by atoms with Gasteiger partial charge in [0.05, 0.1) is 16.5 Å². The van der Waals surface area contributed by atoms with Crippen molar-refractivity contribution in [2.45, 2.75) is 37.2 Å². The Labute approximate surface area is 162 Å². The highest BCUT2D eigenvalue weighted by Gasteiger charge is 2.13. The van der Waals surface area contributed by atoms with Gasteiger partial charge >= 0.3 is 5.76 Å². The average Bonchev–Trinajstić information content (AvgIpc) is 2.96. The number of fused-ring (bicyclic) bond motifs is 1. The second-order valence-electron chi connectivity index (χ2n) is 6.72. The molecule has 8 heteroatoms. The van der Waals surface area contributed by atoms with Crippen molar-refractivity contribution in [3.63, 3.8) is 0 Å². The minimum atomic E-state index is -3.24. The first-order chi connectivity index (χ1) is 13.3. The lowest BCUT2D eigenvalue weighted by Crippen LogP contribution is -2.27. The molecule has 7 nitrogen and oxygen atoms in total. The van der Waals surface area contributed by atoms with Crippen molar-refractivity contribution < 1.29 is 17.6 Å². The molecule has 1 aromatic heterocycles. The molecular formula is C20H22N2O5S. The van der Waals surface area contributed by atoms with Gasteiger partial charge in [-0.2, -0.15) is 0 Å². The monoisotopic (exact) mass is 402 g/mol. The molecule has 1 amide bonds. The van der Waals surface area contributed by atoms with Crippen LogP contribution in [0.3, 0.4) is 0 Å². The molecule has 0 spiro atoms. The number of hydrogen-bond donors (Lipinski definition) is 1. The Kier molecular flexibility index (Phi) is 5.69. The normalized spacial score (nSPS) is 12.8. The van der Waals surface area contributed by atoms with Crippen molar-refractivity contribution in [2.75, 3.05) is 6.26 Å². The molecule has 0 bridgehead atoms. The van der Waals surface area contributed by atoms with Crippen LogP contribution in [0.15, 0.2) is 62.6 Å². The van der Waals surface area contributed by atoms with Crippen LogP contribution in [0, 0.1) is 0 Å². The van der Waals surface area contributed by atoms with E-state index in [1.807, 2.05) is 19.1 Å². The Morgan fingerprint density at radius 1 is 1.14 bits per heavy atom. The Morgan fingerprint density at radius 3 is 2.50 bits per heavy atom. The topological polar surface area (TPSA) is 98.4 Å². The molecule has 28 heavy (non-hydrogen) atoms. The van der Waals surface area contributed by atoms with Crippen molar-refractivity contribution in [3.8, 4) is 0 Å². The number of oxazole rings is 1. The van der Waals surface area contributed by atoms with Crippen LogP contribution in [0.5, 0.6) is 0 Å². The van der Waals surface area contributed by atoms with Crippen LogP contribution >= 0.6 is 0 Å². The van der Waals surface area contributed by atoms with Crippen molar-refractivity contribution in [1.82, 2.24) is 9.88 Å². The molecule has 0 aliphatic carbocycles. The number of sulfone groups is 1. The van der Waals surface area contributed by atoms with E-state index in [9.17, 15) is 18.0 Å². The number of rotatable bonds is 7. The van der Waals surface area contributed by atoms with Gasteiger partial charge in [-0.1, -0.05) is 24.3 Å². The van der Waals surface area contributed by atoms with Gasteiger partial charge in [0.25, 0.3) is 0 Å². The number of aryl methyl sites for hydroxylation is 1. The van der Waals surface area contributed by atoms with Crippen LogP contribution in [0.4, 0.5) is 0 Å². The van der Waals surface area contributed by atoms with Gasteiger partial charge in [-0.25, -0.2) is 13.2 Å². The first-order valence-corrected chi connectivity index (χ1v) is 10.8. The SMILES string of the molecule is CC(NC(=O)CCCn1c(=O)oc2ccccc21)c1ccc(S(C)(=O)=O)cc1. The number of para-hydroxylation sites is 2. The largest absolute Gasteiger partial charge is 0.419 e. The minimum Gasteiger partial charge on any atom is -0.408 e. The van der Waals surface area contributed by atoms with Gasteiger partial charge in [-0.15, -0.1) is 0 Å². The van der Waals surface area contributed by atoms with E-state index in [0.29, 0.717) is 24.1 Å². The van der Waals surface area contributed by atoms with Gasteiger partial charge < -0.3 is 9.73 Å². The van der Waals surface area contributed by atoms with Crippen LogP contribution < -0.4 is 11.1 Å². The van der Waals surface area contributed by atoms with Crippen molar-refractivity contribution in [2.24, 2.45) is 0 Å². The zero-order valence-electron chi connectivity index (χ0n) is 15.7. The van der Waals surface area contributed by atoms with Crippen LogP contribution in [-0.4, -0.2) is 25.1 Å². The molecule has 1 atom stereocenters. The molecule has 3 rings (SSSR count). The smallest absolute Gasteiger partial charge is 0.408 e. The Balaban J connectivity index is 1.55. The van der Waals surface area contributed by atoms with E-state index in [-0.39, 0.29) is 23.3 Å². The predicted octanol–water partition coefficient (Wildman–Crippen LogP) is 2.66. The van der Waals surface area contributed by atoms with Gasteiger partial charge in [-0.3, -0.25) is 9.36 Å². The molecule has 1 heterocycles. The van der Waals surface area contributed by atoms with E-state index in [1.54, 1.807) is 24.3 Å². The maximum absolute atomic E-state index is 12.2. The third kappa shape index (κ3) is 4.51. The highest BCUT2D eigenvalue weighted by Crippen LogP contribution is 2.17. The summed E-state index contributed by atoms with van der Waals surface area (Å²) in [4.78, 5) is 24.4. The summed E-state index contributed by atoms with van der Waals surface area (Å²) in [5.41, 5.74) is 2.06. The zero-order chi connectivity index (χ0) is 20.3. The maximum Gasteiger partial charge on any atom is 0.419 e. The van der Waals surface area contributed by atoms with Crippen LogP contribution in [0.2, 0.25) is 0 Å². The number of aromatic nitrogens is 1. The van der Waals surface area contributed by atoms with Crippen LogP contribution in [0.25, 0.3) is 11.1 Å². The molecule has 0 aliphatic heterocycles. The molecule has 1 unspecified atom stereocenters. The second kappa shape index (κ2) is 8.02. The number of carbonyl (C=O) groups is 1. The second-order valence-corrected chi connectivity index (χ2v) is 8.74. The van der Waals surface area contributed by atoms with Crippen molar-refractivity contribution >= 4 is 26.8 Å². The van der Waals surface area contributed by atoms with E-state index >= 15 is 0 Å². The van der Waals surface area contributed by atoms with E-state index in [4.69, 9.17) is 4.42 Å². The molecule has 0 fully saturated rings. The van der Waals surface area contributed by atoms with Gasteiger partial charge in [0, 0.05) is 19.2 Å². The third-order valence-electron chi connectivity index (χ3n) is 4.55. The number of benzene rings is 2. The number of amides is 1. The van der Waals surface area contributed by atoms with Gasteiger partial charge in [0.1, 0.15) is 0 Å². The zero-order valence-corrected chi connectivity index (χ0v) is 16.5. The molecule has 0 aliphatic rings. The molecule has 2 aromatic carbocycles. The summed E-state index contributed by atoms with van der Waals surface area (Å²) in [6.45, 7) is 2.22. The lowest BCUT2D eigenvalue weighted by molar-refractivity contribution is -0.121. The minimum absolute atomic E-state index is 0.138. The van der Waals surface area contributed by atoms with E-state index < -0.39 is 15.6 Å². The molecule has 0 saturated carbocycles. The maximum atomic E-state index is 12.2. The summed E-state index contributed by atoms with van der Waals surface area (Å²) in [6.07, 6.45) is 1.91. The van der Waals surface area contributed by atoms with E-state index in [2.05, 4.69) is 5.32 Å². The molecule has 1 N–H and O–H groups in total. The van der Waals surface area contributed by atoms with Gasteiger partial charge in [-0.05, 0) is 43.2 Å². The third-order valence-corrected chi connectivity index (χ3v) is 5.67. The quantitative estimate of drug-likeness (QED) is 0.655. The lowest BCUT2D eigenvalue weighted by Gasteiger charge is -2.15. The molecular weight excluding hydrogens is 380 g/mol. The van der Waals surface area contributed by atoms with Crippen molar-refractivity contribution in [3.05, 3.63) is 64.6 Å². The summed E-state index contributed by atoms with van der Waals surface area (Å²) < 4.78 is 29.7. The predicted molar refractivity (Wildman–Crippen MR) is 106 cm³/mol. The average molecular weight is 402 g/mol. The summed E-state index contributed by atoms with van der Waals surface area (Å²) in [7, 11) is -3.24. The fourth-order valence-corrected chi connectivity index (χ4v) is 3.65. The summed E-state index contributed by atoms with van der Waals surface area (Å²) in [5, 5.41) is 2.89. The first-order valence-electron chi connectivity index (χ1n) is 8.93. The molecule has 148 valence electrons. The molecule has 3 aromatic rings. The van der Waals surface area contributed by atoms with Crippen molar-refractivity contribution in [1.29, 1.82) is 0 Å². The van der Waals surface area contributed by atoms with Crippen LogP contribution in [-0.2, 0) is 21.2 Å². The molecule has 0 radical (unpaired) electrons. The fraction of sp³-hybridized carbons (Fsp3) is 0.300. The number of nitrogens with one attached hydrogen (secondary N) is 1. The summed E-state index contributed by atoms with van der Waals surface area (Å²) in [6, 6.07) is 13.4. The van der Waals surface area contributed by atoms with Gasteiger partial charge in [0.15, 0.2) is 15.4 Å². The summed E-state index contributed by atoms with van der Waals surface area (Å²) in [5.74, 6) is -0.568. The Bertz CT molecular complexity index is 1140. The number of hydrogen-bond acceptors (Lipinski definition) is 5. The first kappa shape index (κ1) is 19.9. The number of nitrogens with zero attached hydrogens (tertiary/aromatic N) is 1. The van der Waals surface area contributed by atoms with Crippen LogP contribution in [0.1, 0.15) is 31.4 Å². The number of carbonyl (C=O) groups excluding carboxylic acids is 1. The Morgan fingerprint density at radius 2 is 1.82 bits per heavy atom. The fourth-order valence-electron chi connectivity index (χ4n) is 3.02. The Hall–Kier alpha value is -2.87. The van der Waals surface area contributed by atoms with Gasteiger partial charge in [0.2, 0.25) is 5.91 Å². The lowest BCUT2D eigenvalue weighted by atomic mass is 10.1.